The molecule has 1 N–H and O–H groups in total. The number of nitrogens with zero attached hydrogens (tertiary/aromatic N) is 1. The van der Waals surface area contributed by atoms with Crippen LogP contribution in [0.1, 0.15) is 27.2 Å². The molecular weight excluding hydrogens is 246 g/mol. The fourth-order valence-electron chi connectivity index (χ4n) is 1.06. The van der Waals surface area contributed by atoms with Gasteiger partial charge >= 0.3 is 5.97 Å². The van der Waals surface area contributed by atoms with Crippen molar-refractivity contribution < 1.29 is 23.1 Å². The first-order chi connectivity index (χ1) is 7.67. The monoisotopic (exact) mass is 267 g/mol. The SMILES string of the molecule is CCOC(=O)CCS(=O)(=O)N(C)C(C)(C)CO. The summed E-state index contributed by atoms with van der Waals surface area (Å²) < 4.78 is 29.4. The average molecular weight is 267 g/mol. The minimum absolute atomic E-state index is 0.179. The summed E-state index contributed by atoms with van der Waals surface area (Å²) in [4.78, 5) is 11.1. The van der Waals surface area contributed by atoms with Gasteiger partial charge in [-0.15, -0.1) is 0 Å². The molecule has 0 atom stereocenters. The number of aliphatic hydroxyl groups excluding tert-OH is 1. The van der Waals surface area contributed by atoms with Crippen molar-refractivity contribution in [2.75, 3.05) is 26.0 Å². The van der Waals surface area contributed by atoms with E-state index in [1.165, 1.54) is 7.05 Å². The smallest absolute Gasteiger partial charge is 0.306 e. The molecule has 102 valence electrons. The van der Waals surface area contributed by atoms with Crippen LogP contribution in [0.5, 0.6) is 0 Å². The standard InChI is InChI=1S/C10H21NO5S/c1-5-16-9(13)6-7-17(14,15)11(4)10(2,3)8-12/h12H,5-8H2,1-4H3. The lowest BCUT2D eigenvalue weighted by Gasteiger charge is -2.32. The Hall–Kier alpha value is -0.660. The van der Waals surface area contributed by atoms with Crippen LogP contribution in [-0.4, -0.2) is 55.4 Å². The van der Waals surface area contributed by atoms with E-state index in [4.69, 9.17) is 5.11 Å². The maximum Gasteiger partial charge on any atom is 0.306 e. The molecule has 0 aromatic carbocycles. The number of hydrogen-bond donors (Lipinski definition) is 1. The molecule has 0 aliphatic rings. The third-order valence-corrected chi connectivity index (χ3v) is 4.57. The predicted molar refractivity (Wildman–Crippen MR) is 64.0 cm³/mol. The van der Waals surface area contributed by atoms with Crippen molar-refractivity contribution in [1.82, 2.24) is 4.31 Å². The van der Waals surface area contributed by atoms with Gasteiger partial charge in [0.25, 0.3) is 0 Å². The number of carbonyl (C=O) groups excluding carboxylic acids is 1. The van der Waals surface area contributed by atoms with Crippen LogP contribution in [0.3, 0.4) is 0 Å². The van der Waals surface area contributed by atoms with E-state index < -0.39 is 21.5 Å². The van der Waals surface area contributed by atoms with Crippen LogP contribution in [0.15, 0.2) is 0 Å². The minimum atomic E-state index is -3.57. The van der Waals surface area contributed by atoms with Gasteiger partial charge in [-0.05, 0) is 20.8 Å². The summed E-state index contributed by atoms with van der Waals surface area (Å²) in [6.07, 6.45) is -0.179. The molecular formula is C10H21NO5S. The molecule has 17 heavy (non-hydrogen) atoms. The fraction of sp³-hybridized carbons (Fsp3) is 0.900. The summed E-state index contributed by atoms with van der Waals surface area (Å²) in [6.45, 7) is 4.82. The molecule has 0 spiro atoms. The number of likely N-dealkylation sites (N-methyl/N-ethyl adjacent to an activating group) is 1. The Kier molecular flexibility index (Phi) is 6.08. The van der Waals surface area contributed by atoms with Crippen molar-refractivity contribution in [3.05, 3.63) is 0 Å². The van der Waals surface area contributed by atoms with Crippen LogP contribution in [0.25, 0.3) is 0 Å². The van der Waals surface area contributed by atoms with Crippen molar-refractivity contribution in [3.63, 3.8) is 0 Å². The van der Waals surface area contributed by atoms with E-state index in [0.29, 0.717) is 0 Å². The Bertz CT molecular complexity index is 350. The van der Waals surface area contributed by atoms with Crippen molar-refractivity contribution in [2.45, 2.75) is 32.7 Å². The van der Waals surface area contributed by atoms with Crippen molar-refractivity contribution in [1.29, 1.82) is 0 Å². The highest BCUT2D eigenvalue weighted by Gasteiger charge is 2.32. The van der Waals surface area contributed by atoms with E-state index in [1.807, 2.05) is 0 Å². The Morgan fingerprint density at radius 3 is 2.35 bits per heavy atom. The molecule has 6 nitrogen and oxygen atoms in total. The topological polar surface area (TPSA) is 83.9 Å². The summed E-state index contributed by atoms with van der Waals surface area (Å²) in [5, 5.41) is 9.09. The summed E-state index contributed by atoms with van der Waals surface area (Å²) in [5.74, 6) is -0.850. The van der Waals surface area contributed by atoms with Crippen LogP contribution in [0.4, 0.5) is 0 Å². The Labute approximate surface area is 103 Å². The van der Waals surface area contributed by atoms with Gasteiger partial charge in [-0.1, -0.05) is 0 Å². The van der Waals surface area contributed by atoms with Gasteiger partial charge in [0.05, 0.1) is 30.9 Å². The number of aliphatic hydroxyl groups is 1. The van der Waals surface area contributed by atoms with Crippen LogP contribution in [-0.2, 0) is 19.6 Å². The second kappa shape index (κ2) is 6.32. The third kappa shape index (κ3) is 5.01. The summed E-state index contributed by atoms with van der Waals surface area (Å²) >= 11 is 0. The molecule has 0 saturated heterocycles. The maximum absolute atomic E-state index is 11.9. The lowest BCUT2D eigenvalue weighted by atomic mass is 10.1. The van der Waals surface area contributed by atoms with Crippen LogP contribution >= 0.6 is 0 Å². The van der Waals surface area contributed by atoms with E-state index in [2.05, 4.69) is 4.74 Å². The van der Waals surface area contributed by atoms with Crippen molar-refractivity contribution >= 4 is 16.0 Å². The highest BCUT2D eigenvalue weighted by atomic mass is 32.2. The van der Waals surface area contributed by atoms with Gasteiger partial charge in [0.2, 0.25) is 10.0 Å². The van der Waals surface area contributed by atoms with Crippen molar-refractivity contribution in [2.24, 2.45) is 0 Å². The van der Waals surface area contributed by atoms with E-state index in [9.17, 15) is 13.2 Å². The van der Waals surface area contributed by atoms with E-state index in [0.717, 1.165) is 4.31 Å². The molecule has 0 saturated carbocycles. The largest absolute Gasteiger partial charge is 0.466 e. The van der Waals surface area contributed by atoms with E-state index in [1.54, 1.807) is 20.8 Å². The van der Waals surface area contributed by atoms with Gasteiger partial charge in [0.1, 0.15) is 0 Å². The molecule has 0 amide bonds. The Balaban J connectivity index is 4.54. The van der Waals surface area contributed by atoms with Crippen molar-refractivity contribution in [3.8, 4) is 0 Å². The number of sulfonamides is 1. The maximum atomic E-state index is 11.9. The Morgan fingerprint density at radius 1 is 1.41 bits per heavy atom. The van der Waals surface area contributed by atoms with Gasteiger partial charge in [0.15, 0.2) is 0 Å². The zero-order chi connectivity index (χ0) is 13.7. The minimum Gasteiger partial charge on any atom is -0.466 e. The summed E-state index contributed by atoms with van der Waals surface area (Å²) in [7, 11) is -2.19. The van der Waals surface area contributed by atoms with Crippen LogP contribution < -0.4 is 0 Å². The molecule has 0 rings (SSSR count). The number of hydrogen-bond acceptors (Lipinski definition) is 5. The third-order valence-electron chi connectivity index (χ3n) is 2.53. The summed E-state index contributed by atoms with van der Waals surface area (Å²) in [5.41, 5.74) is -0.881. The van der Waals surface area contributed by atoms with Gasteiger partial charge in [0, 0.05) is 7.05 Å². The van der Waals surface area contributed by atoms with Gasteiger partial charge in [-0.2, -0.15) is 4.31 Å². The van der Waals surface area contributed by atoms with Gasteiger partial charge < -0.3 is 9.84 Å². The molecule has 7 heteroatoms. The number of rotatable bonds is 7. The van der Waals surface area contributed by atoms with E-state index >= 15 is 0 Å². The van der Waals surface area contributed by atoms with Crippen LogP contribution in [0.2, 0.25) is 0 Å². The Morgan fingerprint density at radius 2 is 1.94 bits per heavy atom. The highest BCUT2D eigenvalue weighted by Crippen LogP contribution is 2.16. The molecule has 0 aliphatic carbocycles. The second-order valence-electron chi connectivity index (χ2n) is 4.31. The fourth-order valence-corrected chi connectivity index (χ4v) is 2.57. The molecule has 0 aromatic heterocycles. The van der Waals surface area contributed by atoms with Gasteiger partial charge in [-0.25, -0.2) is 8.42 Å². The van der Waals surface area contributed by atoms with Gasteiger partial charge in [-0.3, -0.25) is 4.79 Å². The summed E-state index contributed by atoms with van der Waals surface area (Å²) in [6, 6.07) is 0. The lowest BCUT2D eigenvalue weighted by molar-refractivity contribution is -0.142. The molecule has 0 bridgehead atoms. The quantitative estimate of drug-likeness (QED) is 0.655. The number of carbonyl (C=O) groups is 1. The number of esters is 1. The lowest BCUT2D eigenvalue weighted by Crippen LogP contribution is -2.48. The van der Waals surface area contributed by atoms with Crippen LogP contribution in [0, 0.1) is 0 Å². The average Bonchev–Trinajstić information content (AvgIpc) is 2.26. The second-order valence-corrected chi connectivity index (χ2v) is 6.43. The first-order valence-corrected chi connectivity index (χ1v) is 7.01. The molecule has 0 heterocycles. The van der Waals surface area contributed by atoms with E-state index in [-0.39, 0.29) is 25.4 Å². The molecule has 0 unspecified atom stereocenters. The normalized spacial score (nSPS) is 12.8. The predicted octanol–water partition coefficient (Wildman–Crippen LogP) is -0.0279. The number of ether oxygens (including phenoxy) is 1. The molecule has 0 fully saturated rings. The zero-order valence-corrected chi connectivity index (χ0v) is 11.6. The first-order valence-electron chi connectivity index (χ1n) is 5.40. The highest BCUT2D eigenvalue weighted by molar-refractivity contribution is 7.89. The molecule has 0 aromatic rings. The first kappa shape index (κ1) is 16.3. The molecule has 0 radical (unpaired) electrons. The molecule has 0 aliphatic heterocycles. The zero-order valence-electron chi connectivity index (χ0n) is 10.8.